The molecule has 1 aliphatic rings. The van der Waals surface area contributed by atoms with Crippen molar-refractivity contribution in [2.24, 2.45) is 0 Å². The summed E-state index contributed by atoms with van der Waals surface area (Å²) in [6.45, 7) is 3.81. The van der Waals surface area contributed by atoms with Gasteiger partial charge in [-0.15, -0.1) is 0 Å². The number of nitrogens with one attached hydrogen (secondary N) is 1. The number of amides is 1. The molecule has 1 aromatic heterocycles. The van der Waals surface area contributed by atoms with Crippen LogP contribution < -0.4 is 10.9 Å². The lowest BCUT2D eigenvalue weighted by Crippen LogP contribution is -2.34. The Morgan fingerprint density at radius 2 is 1.70 bits per heavy atom. The Bertz CT molecular complexity index is 1170. The minimum absolute atomic E-state index is 0.158. The summed E-state index contributed by atoms with van der Waals surface area (Å²) in [6.07, 6.45) is 3.59. The van der Waals surface area contributed by atoms with Crippen LogP contribution in [0.2, 0.25) is 5.02 Å². The predicted molar refractivity (Wildman–Crippen MR) is 120 cm³/mol. The van der Waals surface area contributed by atoms with E-state index in [1.807, 2.05) is 44.2 Å². The molecule has 0 spiro atoms. The highest BCUT2D eigenvalue weighted by molar-refractivity contribution is 6.33. The zero-order chi connectivity index (χ0) is 21.3. The highest BCUT2D eigenvalue weighted by Crippen LogP contribution is 2.28. The SMILES string of the molecule is Cc1ccc(-c2nn(CC(=O)Nc3ccc(C)cc3Cl)c(=O)c3c2CCCC3)cc1. The molecule has 0 saturated carbocycles. The van der Waals surface area contributed by atoms with Crippen LogP contribution in [0.3, 0.4) is 0 Å². The van der Waals surface area contributed by atoms with Gasteiger partial charge in [0.2, 0.25) is 5.91 Å². The third-order valence-electron chi connectivity index (χ3n) is 5.48. The fourth-order valence-electron chi connectivity index (χ4n) is 3.88. The number of fused-ring (bicyclic) bond motifs is 1. The minimum Gasteiger partial charge on any atom is -0.323 e. The van der Waals surface area contributed by atoms with E-state index < -0.39 is 0 Å². The van der Waals surface area contributed by atoms with E-state index in [2.05, 4.69) is 10.4 Å². The highest BCUT2D eigenvalue weighted by Gasteiger charge is 2.22. The minimum atomic E-state index is -0.332. The van der Waals surface area contributed by atoms with Gasteiger partial charge in [-0.05, 0) is 62.8 Å². The number of hydrogen-bond donors (Lipinski definition) is 1. The first-order valence-electron chi connectivity index (χ1n) is 10.2. The molecule has 5 nitrogen and oxygen atoms in total. The summed E-state index contributed by atoms with van der Waals surface area (Å²) < 4.78 is 1.29. The Morgan fingerprint density at radius 3 is 2.40 bits per heavy atom. The molecule has 0 saturated heterocycles. The molecular formula is C24H24ClN3O2. The first-order valence-corrected chi connectivity index (χ1v) is 10.6. The third-order valence-corrected chi connectivity index (χ3v) is 5.80. The van der Waals surface area contributed by atoms with Gasteiger partial charge in [-0.1, -0.05) is 47.5 Å². The lowest BCUT2D eigenvalue weighted by Gasteiger charge is -2.20. The standard InChI is InChI=1S/C24H24ClN3O2/c1-15-7-10-17(11-8-15)23-18-5-3-4-6-19(18)24(30)28(27-23)14-22(29)26-21-12-9-16(2)13-20(21)25/h7-13H,3-6,14H2,1-2H3,(H,26,29). The van der Waals surface area contributed by atoms with Gasteiger partial charge in [0.15, 0.2) is 0 Å². The van der Waals surface area contributed by atoms with E-state index in [0.29, 0.717) is 10.7 Å². The first kappa shape index (κ1) is 20.4. The van der Waals surface area contributed by atoms with Crippen LogP contribution in [0.4, 0.5) is 5.69 Å². The molecule has 0 aliphatic heterocycles. The average molecular weight is 422 g/mol. The molecule has 1 amide bonds. The summed E-state index contributed by atoms with van der Waals surface area (Å²) in [5, 5.41) is 7.87. The maximum Gasteiger partial charge on any atom is 0.270 e. The molecule has 1 aliphatic carbocycles. The monoisotopic (exact) mass is 421 g/mol. The Hall–Kier alpha value is -2.92. The summed E-state index contributed by atoms with van der Waals surface area (Å²) in [5.74, 6) is -0.332. The molecule has 0 fully saturated rings. The van der Waals surface area contributed by atoms with Crippen molar-refractivity contribution >= 4 is 23.2 Å². The molecule has 0 unspecified atom stereocenters. The van der Waals surface area contributed by atoms with Crippen LogP contribution in [0.25, 0.3) is 11.3 Å². The highest BCUT2D eigenvalue weighted by atomic mass is 35.5. The number of benzene rings is 2. The normalized spacial score (nSPS) is 13.0. The molecule has 2 aromatic carbocycles. The van der Waals surface area contributed by atoms with E-state index in [1.54, 1.807) is 12.1 Å². The van der Waals surface area contributed by atoms with E-state index in [9.17, 15) is 9.59 Å². The number of aryl methyl sites for hydroxylation is 2. The van der Waals surface area contributed by atoms with Crippen molar-refractivity contribution in [3.8, 4) is 11.3 Å². The Labute approximate surface area is 180 Å². The van der Waals surface area contributed by atoms with Gasteiger partial charge < -0.3 is 5.32 Å². The molecule has 0 atom stereocenters. The summed E-state index contributed by atoms with van der Waals surface area (Å²) in [4.78, 5) is 25.7. The summed E-state index contributed by atoms with van der Waals surface area (Å²) in [7, 11) is 0. The van der Waals surface area contributed by atoms with E-state index >= 15 is 0 Å². The number of carbonyl (C=O) groups is 1. The molecule has 0 radical (unpaired) electrons. The van der Waals surface area contributed by atoms with E-state index in [-0.39, 0.29) is 18.0 Å². The Balaban J connectivity index is 1.69. The van der Waals surface area contributed by atoms with Gasteiger partial charge in [-0.2, -0.15) is 5.10 Å². The van der Waals surface area contributed by atoms with Crippen LogP contribution in [0.5, 0.6) is 0 Å². The second-order valence-corrected chi connectivity index (χ2v) is 8.28. The fourth-order valence-corrected chi connectivity index (χ4v) is 4.17. The first-order chi connectivity index (χ1) is 14.4. The van der Waals surface area contributed by atoms with Gasteiger partial charge in [0.25, 0.3) is 5.56 Å². The van der Waals surface area contributed by atoms with E-state index in [4.69, 9.17) is 11.6 Å². The lowest BCUT2D eigenvalue weighted by atomic mass is 9.89. The van der Waals surface area contributed by atoms with E-state index in [1.165, 1.54) is 4.68 Å². The molecular weight excluding hydrogens is 398 g/mol. The Kier molecular flexibility index (Phi) is 5.73. The number of carbonyl (C=O) groups excluding carboxylic acids is 1. The van der Waals surface area contributed by atoms with Crippen LogP contribution in [0, 0.1) is 13.8 Å². The molecule has 154 valence electrons. The zero-order valence-electron chi connectivity index (χ0n) is 17.2. The summed E-state index contributed by atoms with van der Waals surface area (Å²) in [5.41, 5.74) is 6.09. The van der Waals surface area contributed by atoms with Crippen molar-refractivity contribution < 1.29 is 4.79 Å². The summed E-state index contributed by atoms with van der Waals surface area (Å²) >= 11 is 6.22. The van der Waals surface area contributed by atoms with Gasteiger partial charge in [-0.3, -0.25) is 9.59 Å². The number of aromatic nitrogens is 2. The molecule has 4 rings (SSSR count). The maximum absolute atomic E-state index is 13.0. The van der Waals surface area contributed by atoms with Gasteiger partial charge in [0, 0.05) is 11.1 Å². The van der Waals surface area contributed by atoms with Crippen LogP contribution in [-0.2, 0) is 24.2 Å². The van der Waals surface area contributed by atoms with E-state index in [0.717, 1.165) is 59.2 Å². The number of anilines is 1. The molecule has 1 heterocycles. The number of rotatable bonds is 4. The van der Waals surface area contributed by atoms with Crippen molar-refractivity contribution in [2.75, 3.05) is 5.32 Å². The second-order valence-electron chi connectivity index (χ2n) is 7.87. The quantitative estimate of drug-likeness (QED) is 0.664. The van der Waals surface area contributed by atoms with Crippen molar-refractivity contribution in [2.45, 2.75) is 46.1 Å². The van der Waals surface area contributed by atoms with Crippen molar-refractivity contribution in [3.05, 3.63) is 80.1 Å². The van der Waals surface area contributed by atoms with Gasteiger partial charge in [0.1, 0.15) is 6.54 Å². The average Bonchev–Trinajstić information content (AvgIpc) is 2.73. The molecule has 1 N–H and O–H groups in total. The van der Waals surface area contributed by atoms with Gasteiger partial charge in [0.05, 0.1) is 16.4 Å². The third kappa shape index (κ3) is 4.17. The van der Waals surface area contributed by atoms with Gasteiger partial charge >= 0.3 is 0 Å². The van der Waals surface area contributed by atoms with Crippen molar-refractivity contribution in [3.63, 3.8) is 0 Å². The molecule has 0 bridgehead atoms. The fraction of sp³-hybridized carbons (Fsp3) is 0.292. The topological polar surface area (TPSA) is 64.0 Å². The number of hydrogen-bond acceptors (Lipinski definition) is 3. The van der Waals surface area contributed by atoms with Crippen LogP contribution in [-0.4, -0.2) is 15.7 Å². The molecule has 30 heavy (non-hydrogen) atoms. The van der Waals surface area contributed by atoms with Crippen molar-refractivity contribution in [1.82, 2.24) is 9.78 Å². The van der Waals surface area contributed by atoms with Crippen molar-refractivity contribution in [1.29, 1.82) is 0 Å². The zero-order valence-corrected chi connectivity index (χ0v) is 17.9. The maximum atomic E-state index is 13.0. The molecule has 6 heteroatoms. The lowest BCUT2D eigenvalue weighted by molar-refractivity contribution is -0.117. The number of halogens is 1. The van der Waals surface area contributed by atoms with Gasteiger partial charge in [-0.25, -0.2) is 4.68 Å². The largest absolute Gasteiger partial charge is 0.323 e. The Morgan fingerprint density at radius 1 is 1.03 bits per heavy atom. The summed E-state index contributed by atoms with van der Waals surface area (Å²) in [6, 6.07) is 13.5. The smallest absolute Gasteiger partial charge is 0.270 e. The predicted octanol–water partition coefficient (Wildman–Crippen LogP) is 4.70. The second kappa shape index (κ2) is 8.44. The van der Waals surface area contributed by atoms with Crippen LogP contribution in [0.1, 0.15) is 35.1 Å². The van der Waals surface area contributed by atoms with Crippen LogP contribution >= 0.6 is 11.6 Å². The van der Waals surface area contributed by atoms with Crippen LogP contribution in [0.15, 0.2) is 47.3 Å². The molecule has 3 aromatic rings. The number of nitrogens with zero attached hydrogens (tertiary/aromatic N) is 2.